The molecule has 0 bridgehead atoms. The zero-order valence-electron chi connectivity index (χ0n) is 29.4. The van der Waals surface area contributed by atoms with Gasteiger partial charge in [0.05, 0.1) is 38.0 Å². The minimum Gasteiger partial charge on any atom is -0.488 e. The maximum atomic E-state index is 15.0. The van der Waals surface area contributed by atoms with Crippen LogP contribution in [0.4, 0.5) is 11.4 Å². The van der Waals surface area contributed by atoms with E-state index in [-0.39, 0.29) is 25.0 Å². The van der Waals surface area contributed by atoms with Crippen LogP contribution in [0.5, 0.6) is 11.5 Å². The van der Waals surface area contributed by atoms with E-state index in [1.165, 1.54) is 7.11 Å². The minimum atomic E-state index is -0.413. The second kappa shape index (κ2) is 16.9. The number of rotatable bonds is 13. The van der Waals surface area contributed by atoms with Gasteiger partial charge in [-0.3, -0.25) is 4.79 Å². The molecule has 5 aromatic rings. The van der Waals surface area contributed by atoms with Crippen LogP contribution in [0.1, 0.15) is 62.7 Å². The number of benzene rings is 5. The quantitative estimate of drug-likeness (QED) is 0.115. The lowest BCUT2D eigenvalue weighted by Crippen LogP contribution is -2.36. The van der Waals surface area contributed by atoms with E-state index in [0.29, 0.717) is 42.4 Å². The van der Waals surface area contributed by atoms with E-state index in [4.69, 9.17) is 18.9 Å². The summed E-state index contributed by atoms with van der Waals surface area (Å²) in [6.45, 7) is 8.10. The zero-order valence-corrected chi connectivity index (χ0v) is 29.4. The van der Waals surface area contributed by atoms with Gasteiger partial charge in [0.15, 0.2) is 0 Å². The number of nitrogens with zero attached hydrogens (tertiary/aromatic N) is 2. The zero-order chi connectivity index (χ0) is 35.6. The Labute approximate surface area is 300 Å². The molecule has 1 aliphatic heterocycles. The standard InChI is InChI=1S/C43H44N2O6/c1-31(2)38-26-39(41(51-30-34-12-8-5-9-13-34)27-40(38)50-29-33-10-6-4-7-11-33)42(46)45(28-32-14-16-35(17-15-32)43(47)48-3)37-20-18-36(19-21-37)44-22-24-49-25-23-44/h4-21,26-27,31H,22-25,28-30H2,1-3H3. The molecule has 1 saturated heterocycles. The maximum absolute atomic E-state index is 15.0. The van der Waals surface area contributed by atoms with Gasteiger partial charge in [-0.05, 0) is 70.6 Å². The smallest absolute Gasteiger partial charge is 0.337 e. The van der Waals surface area contributed by atoms with Crippen molar-refractivity contribution in [3.8, 4) is 11.5 Å². The molecule has 1 aliphatic rings. The van der Waals surface area contributed by atoms with Crippen LogP contribution in [-0.4, -0.2) is 45.3 Å². The summed E-state index contributed by atoms with van der Waals surface area (Å²) < 4.78 is 23.3. The van der Waals surface area contributed by atoms with Gasteiger partial charge in [0.2, 0.25) is 0 Å². The van der Waals surface area contributed by atoms with Gasteiger partial charge in [-0.15, -0.1) is 0 Å². The fourth-order valence-electron chi connectivity index (χ4n) is 6.05. The van der Waals surface area contributed by atoms with Crippen LogP contribution in [0.3, 0.4) is 0 Å². The van der Waals surface area contributed by atoms with Gasteiger partial charge in [0, 0.05) is 30.5 Å². The van der Waals surface area contributed by atoms with Crippen molar-refractivity contribution in [3.63, 3.8) is 0 Å². The summed E-state index contributed by atoms with van der Waals surface area (Å²) in [7, 11) is 1.36. The van der Waals surface area contributed by atoms with Crippen LogP contribution in [-0.2, 0) is 29.2 Å². The molecule has 0 spiro atoms. The van der Waals surface area contributed by atoms with Gasteiger partial charge in [-0.2, -0.15) is 0 Å². The molecule has 0 unspecified atom stereocenters. The van der Waals surface area contributed by atoms with Crippen LogP contribution >= 0.6 is 0 Å². The molecule has 5 aromatic carbocycles. The first kappa shape index (κ1) is 35.2. The van der Waals surface area contributed by atoms with Crippen molar-refractivity contribution in [1.82, 2.24) is 0 Å². The van der Waals surface area contributed by atoms with E-state index < -0.39 is 5.97 Å². The number of ether oxygens (including phenoxy) is 4. The summed E-state index contributed by atoms with van der Waals surface area (Å²) in [5.74, 6) is 0.549. The third-order valence-corrected chi connectivity index (χ3v) is 8.94. The number of morpholine rings is 1. The number of carbonyl (C=O) groups excluding carboxylic acids is 2. The van der Waals surface area contributed by atoms with Crippen LogP contribution in [0, 0.1) is 0 Å². The van der Waals surface area contributed by atoms with Crippen LogP contribution in [0.2, 0.25) is 0 Å². The monoisotopic (exact) mass is 684 g/mol. The Morgan fingerprint density at radius 3 is 1.88 bits per heavy atom. The molecule has 1 fully saturated rings. The molecular weight excluding hydrogens is 640 g/mol. The summed E-state index contributed by atoms with van der Waals surface area (Å²) in [4.78, 5) is 31.1. The highest BCUT2D eigenvalue weighted by atomic mass is 16.5. The highest BCUT2D eigenvalue weighted by Crippen LogP contribution is 2.37. The number of esters is 1. The lowest BCUT2D eigenvalue weighted by Gasteiger charge is -2.30. The van der Waals surface area contributed by atoms with Crippen molar-refractivity contribution in [2.24, 2.45) is 0 Å². The number of hydrogen-bond acceptors (Lipinski definition) is 7. The highest BCUT2D eigenvalue weighted by molar-refractivity contribution is 6.08. The Bertz CT molecular complexity index is 1890. The van der Waals surface area contributed by atoms with Crippen LogP contribution in [0.25, 0.3) is 0 Å². The van der Waals surface area contributed by atoms with Crippen molar-refractivity contribution < 1.29 is 28.5 Å². The van der Waals surface area contributed by atoms with E-state index in [0.717, 1.165) is 46.7 Å². The molecule has 6 rings (SSSR count). The number of methoxy groups -OCH3 is 1. The molecular formula is C43H44N2O6. The fraction of sp³-hybridized carbons (Fsp3) is 0.256. The van der Waals surface area contributed by atoms with E-state index in [1.54, 1.807) is 17.0 Å². The number of carbonyl (C=O) groups is 2. The molecule has 0 radical (unpaired) electrons. The Morgan fingerprint density at radius 2 is 1.31 bits per heavy atom. The van der Waals surface area contributed by atoms with Gasteiger partial charge in [0.1, 0.15) is 24.7 Å². The van der Waals surface area contributed by atoms with Gasteiger partial charge < -0.3 is 28.7 Å². The fourth-order valence-corrected chi connectivity index (χ4v) is 6.05. The Morgan fingerprint density at radius 1 is 0.725 bits per heavy atom. The third kappa shape index (κ3) is 8.96. The second-order valence-electron chi connectivity index (χ2n) is 12.8. The Kier molecular flexibility index (Phi) is 11.7. The van der Waals surface area contributed by atoms with E-state index in [1.807, 2.05) is 109 Å². The van der Waals surface area contributed by atoms with Crippen molar-refractivity contribution in [3.05, 3.63) is 155 Å². The highest BCUT2D eigenvalue weighted by Gasteiger charge is 2.26. The molecule has 0 aromatic heterocycles. The SMILES string of the molecule is COC(=O)c1ccc(CN(C(=O)c2cc(C(C)C)c(OCc3ccccc3)cc2OCc2ccccc2)c2ccc(N3CCOCC3)cc2)cc1. The van der Waals surface area contributed by atoms with Gasteiger partial charge in [-0.25, -0.2) is 4.79 Å². The first-order chi connectivity index (χ1) is 24.9. The lowest BCUT2D eigenvalue weighted by atomic mass is 9.97. The van der Waals surface area contributed by atoms with Gasteiger partial charge >= 0.3 is 5.97 Å². The normalized spacial score (nSPS) is 12.7. The molecule has 8 nitrogen and oxygen atoms in total. The predicted octanol–water partition coefficient (Wildman–Crippen LogP) is 8.44. The molecule has 0 atom stereocenters. The summed E-state index contributed by atoms with van der Waals surface area (Å²) in [5, 5.41) is 0. The van der Waals surface area contributed by atoms with Gasteiger partial charge in [-0.1, -0.05) is 86.6 Å². The molecule has 0 aliphatic carbocycles. The summed E-state index contributed by atoms with van der Waals surface area (Å²) >= 11 is 0. The van der Waals surface area contributed by atoms with Gasteiger partial charge in [0.25, 0.3) is 5.91 Å². The second-order valence-corrected chi connectivity index (χ2v) is 12.8. The number of amides is 1. The maximum Gasteiger partial charge on any atom is 0.337 e. The minimum absolute atomic E-state index is 0.0672. The molecule has 1 amide bonds. The lowest BCUT2D eigenvalue weighted by molar-refractivity contribution is 0.0600. The Balaban J connectivity index is 1.39. The summed E-state index contributed by atoms with van der Waals surface area (Å²) in [6, 6.07) is 38.9. The molecule has 262 valence electrons. The Hall–Kier alpha value is -5.60. The molecule has 8 heteroatoms. The molecule has 51 heavy (non-hydrogen) atoms. The number of anilines is 2. The first-order valence-corrected chi connectivity index (χ1v) is 17.3. The van der Waals surface area contributed by atoms with Crippen molar-refractivity contribution in [2.45, 2.75) is 39.5 Å². The van der Waals surface area contributed by atoms with Crippen molar-refractivity contribution >= 4 is 23.3 Å². The molecule has 1 heterocycles. The van der Waals surface area contributed by atoms with E-state index in [2.05, 4.69) is 18.7 Å². The molecule has 0 saturated carbocycles. The van der Waals surface area contributed by atoms with Crippen LogP contribution < -0.4 is 19.3 Å². The van der Waals surface area contributed by atoms with Crippen LogP contribution in [0.15, 0.2) is 121 Å². The molecule has 0 N–H and O–H groups in total. The van der Waals surface area contributed by atoms with E-state index >= 15 is 0 Å². The first-order valence-electron chi connectivity index (χ1n) is 17.3. The summed E-state index contributed by atoms with van der Waals surface area (Å²) in [6.07, 6.45) is 0. The average molecular weight is 685 g/mol. The predicted molar refractivity (Wildman–Crippen MR) is 200 cm³/mol. The van der Waals surface area contributed by atoms with Crippen molar-refractivity contribution in [1.29, 1.82) is 0 Å². The summed E-state index contributed by atoms with van der Waals surface area (Å²) in [5.41, 5.74) is 6.48. The average Bonchev–Trinajstić information content (AvgIpc) is 3.19. The topological polar surface area (TPSA) is 77.5 Å². The largest absolute Gasteiger partial charge is 0.488 e. The van der Waals surface area contributed by atoms with Crippen molar-refractivity contribution in [2.75, 3.05) is 43.2 Å². The number of hydrogen-bond donors (Lipinski definition) is 0. The van der Waals surface area contributed by atoms with E-state index in [9.17, 15) is 9.59 Å². The third-order valence-electron chi connectivity index (χ3n) is 8.94.